The van der Waals surface area contributed by atoms with Gasteiger partial charge in [-0.1, -0.05) is 43.2 Å². The Morgan fingerprint density at radius 2 is 1.87 bits per heavy atom. The molecule has 1 aromatic heterocycles. The second-order valence-electron chi connectivity index (χ2n) is 7.12. The molecule has 0 bridgehead atoms. The number of rotatable bonds is 4. The van der Waals surface area contributed by atoms with Gasteiger partial charge < -0.3 is 4.42 Å². The van der Waals surface area contributed by atoms with Gasteiger partial charge in [0.15, 0.2) is 0 Å². The van der Waals surface area contributed by atoms with Crippen LogP contribution < -0.4 is 0 Å². The van der Waals surface area contributed by atoms with Crippen molar-refractivity contribution < 1.29 is 4.42 Å². The normalized spacial score (nSPS) is 28.0. The molecular formula is C19H25N3O. The minimum absolute atomic E-state index is 0.632. The Hall–Kier alpha value is -1.68. The Labute approximate surface area is 137 Å². The van der Waals surface area contributed by atoms with Gasteiger partial charge >= 0.3 is 0 Å². The van der Waals surface area contributed by atoms with Crippen LogP contribution in [0.25, 0.3) is 0 Å². The third kappa shape index (κ3) is 3.18. The summed E-state index contributed by atoms with van der Waals surface area (Å²) in [6.07, 6.45) is 7.55. The van der Waals surface area contributed by atoms with Gasteiger partial charge in [-0.25, -0.2) is 0 Å². The van der Waals surface area contributed by atoms with Crippen LogP contribution >= 0.6 is 0 Å². The maximum atomic E-state index is 5.91. The second kappa shape index (κ2) is 6.44. The molecule has 2 aliphatic rings. The van der Waals surface area contributed by atoms with Crippen LogP contribution in [0.4, 0.5) is 0 Å². The van der Waals surface area contributed by atoms with E-state index >= 15 is 0 Å². The van der Waals surface area contributed by atoms with E-state index in [2.05, 4.69) is 34.2 Å². The zero-order valence-electron chi connectivity index (χ0n) is 13.8. The van der Waals surface area contributed by atoms with Crippen molar-refractivity contribution in [3.05, 3.63) is 47.7 Å². The average molecular weight is 311 g/mol. The van der Waals surface area contributed by atoms with Crippen LogP contribution in [0.2, 0.25) is 0 Å². The van der Waals surface area contributed by atoms with Gasteiger partial charge in [0.2, 0.25) is 11.8 Å². The second-order valence-corrected chi connectivity index (χ2v) is 7.12. The summed E-state index contributed by atoms with van der Waals surface area (Å²) in [5.41, 5.74) is 1.21. The lowest BCUT2D eigenvalue weighted by Crippen LogP contribution is -2.37. The molecule has 0 N–H and O–H groups in total. The summed E-state index contributed by atoms with van der Waals surface area (Å²) >= 11 is 0. The monoisotopic (exact) mass is 311 g/mol. The first-order valence-corrected chi connectivity index (χ1v) is 8.90. The highest BCUT2D eigenvalue weighted by Gasteiger charge is 2.40. The number of likely N-dealkylation sites (tertiary alicyclic amines) is 1. The molecule has 4 nitrogen and oxygen atoms in total. The van der Waals surface area contributed by atoms with Crippen molar-refractivity contribution in [3.63, 3.8) is 0 Å². The van der Waals surface area contributed by atoms with Gasteiger partial charge in [0, 0.05) is 12.1 Å². The fourth-order valence-electron chi connectivity index (χ4n) is 4.42. The topological polar surface area (TPSA) is 42.2 Å². The van der Waals surface area contributed by atoms with E-state index in [1.807, 2.05) is 18.2 Å². The number of nitrogens with zero attached hydrogens (tertiary/aromatic N) is 3. The van der Waals surface area contributed by atoms with E-state index in [1.165, 1.54) is 37.7 Å². The van der Waals surface area contributed by atoms with Crippen molar-refractivity contribution in [1.82, 2.24) is 15.1 Å². The van der Waals surface area contributed by atoms with Crippen molar-refractivity contribution in [2.45, 2.75) is 64.1 Å². The predicted molar refractivity (Wildman–Crippen MR) is 88.9 cm³/mol. The van der Waals surface area contributed by atoms with Gasteiger partial charge in [-0.3, -0.25) is 4.90 Å². The molecule has 4 heteroatoms. The molecule has 0 amide bonds. The fraction of sp³-hybridized carbons (Fsp3) is 0.579. The van der Waals surface area contributed by atoms with Crippen LogP contribution in [0.15, 0.2) is 34.7 Å². The van der Waals surface area contributed by atoms with E-state index in [4.69, 9.17) is 4.42 Å². The Balaban J connectivity index is 1.43. The summed E-state index contributed by atoms with van der Waals surface area (Å²) < 4.78 is 5.91. The lowest BCUT2D eigenvalue weighted by atomic mass is 9.85. The lowest BCUT2D eigenvalue weighted by molar-refractivity contribution is 0.136. The molecule has 3 unspecified atom stereocenters. The SMILES string of the molecule is CC1CC2CCCCC2N1Cc1nnc(Cc2ccccc2)o1. The minimum atomic E-state index is 0.632. The zero-order valence-corrected chi connectivity index (χ0v) is 13.8. The first-order chi connectivity index (χ1) is 11.3. The minimum Gasteiger partial charge on any atom is -0.424 e. The van der Waals surface area contributed by atoms with Gasteiger partial charge in [0.1, 0.15) is 0 Å². The summed E-state index contributed by atoms with van der Waals surface area (Å²) in [6.45, 7) is 3.16. The van der Waals surface area contributed by atoms with Crippen LogP contribution in [0, 0.1) is 5.92 Å². The molecule has 2 heterocycles. The van der Waals surface area contributed by atoms with E-state index in [0.29, 0.717) is 6.04 Å². The summed E-state index contributed by atoms with van der Waals surface area (Å²) in [6, 6.07) is 11.7. The number of hydrogen-bond donors (Lipinski definition) is 0. The van der Waals surface area contributed by atoms with Crippen molar-refractivity contribution in [2.24, 2.45) is 5.92 Å². The summed E-state index contributed by atoms with van der Waals surface area (Å²) in [5, 5.41) is 8.53. The van der Waals surface area contributed by atoms with Crippen LogP contribution in [-0.2, 0) is 13.0 Å². The van der Waals surface area contributed by atoms with Gasteiger partial charge in [0.25, 0.3) is 0 Å². The number of aromatic nitrogens is 2. The van der Waals surface area contributed by atoms with E-state index in [9.17, 15) is 0 Å². The van der Waals surface area contributed by atoms with Crippen molar-refractivity contribution in [1.29, 1.82) is 0 Å². The van der Waals surface area contributed by atoms with E-state index in [-0.39, 0.29) is 0 Å². The van der Waals surface area contributed by atoms with Gasteiger partial charge in [0.05, 0.1) is 13.0 Å². The first-order valence-electron chi connectivity index (χ1n) is 8.90. The quantitative estimate of drug-likeness (QED) is 0.861. The van der Waals surface area contributed by atoms with E-state index in [0.717, 1.165) is 36.7 Å². The lowest BCUT2D eigenvalue weighted by Gasteiger charge is -2.32. The van der Waals surface area contributed by atoms with Gasteiger partial charge in [-0.2, -0.15) is 0 Å². The molecule has 1 saturated carbocycles. The molecule has 2 fully saturated rings. The highest BCUT2D eigenvalue weighted by Crippen LogP contribution is 2.40. The van der Waals surface area contributed by atoms with Crippen molar-refractivity contribution in [3.8, 4) is 0 Å². The molecule has 4 rings (SSSR count). The van der Waals surface area contributed by atoms with Crippen molar-refractivity contribution >= 4 is 0 Å². The fourth-order valence-corrected chi connectivity index (χ4v) is 4.42. The summed E-state index contributed by atoms with van der Waals surface area (Å²) in [5.74, 6) is 2.37. The van der Waals surface area contributed by atoms with Crippen LogP contribution in [0.5, 0.6) is 0 Å². The average Bonchev–Trinajstić information content (AvgIpc) is 3.14. The number of hydrogen-bond acceptors (Lipinski definition) is 4. The first kappa shape index (κ1) is 14.9. The maximum Gasteiger partial charge on any atom is 0.230 e. The molecule has 3 atom stereocenters. The Bertz CT molecular complexity index is 639. The van der Waals surface area contributed by atoms with E-state index in [1.54, 1.807) is 0 Å². The molecule has 2 aromatic rings. The van der Waals surface area contributed by atoms with E-state index < -0.39 is 0 Å². The number of benzene rings is 1. The van der Waals surface area contributed by atoms with Gasteiger partial charge in [-0.15, -0.1) is 10.2 Å². The maximum absolute atomic E-state index is 5.91. The molecule has 122 valence electrons. The Morgan fingerprint density at radius 1 is 1.09 bits per heavy atom. The van der Waals surface area contributed by atoms with Gasteiger partial charge in [-0.05, 0) is 37.7 Å². The Morgan fingerprint density at radius 3 is 2.74 bits per heavy atom. The predicted octanol–water partition coefficient (Wildman–Crippen LogP) is 3.81. The molecule has 1 aliphatic carbocycles. The molecule has 1 saturated heterocycles. The standard InChI is InChI=1S/C19H25N3O/c1-14-11-16-9-5-6-10-17(16)22(14)13-19-21-20-18(23-19)12-15-7-3-2-4-8-15/h2-4,7-8,14,16-17H,5-6,9-13H2,1H3. The molecule has 23 heavy (non-hydrogen) atoms. The number of fused-ring (bicyclic) bond motifs is 1. The highest BCUT2D eigenvalue weighted by molar-refractivity contribution is 5.17. The van der Waals surface area contributed by atoms with Crippen LogP contribution in [0.3, 0.4) is 0 Å². The van der Waals surface area contributed by atoms with Crippen LogP contribution in [0.1, 0.15) is 56.4 Å². The molecule has 0 radical (unpaired) electrons. The smallest absolute Gasteiger partial charge is 0.230 e. The van der Waals surface area contributed by atoms with Crippen molar-refractivity contribution in [2.75, 3.05) is 0 Å². The molecule has 1 aromatic carbocycles. The summed E-state index contributed by atoms with van der Waals surface area (Å²) in [4.78, 5) is 2.60. The highest BCUT2D eigenvalue weighted by atomic mass is 16.4. The van der Waals surface area contributed by atoms with Crippen LogP contribution in [-0.4, -0.2) is 27.2 Å². The Kier molecular flexibility index (Phi) is 4.17. The molecular weight excluding hydrogens is 286 g/mol. The third-order valence-electron chi connectivity index (χ3n) is 5.53. The summed E-state index contributed by atoms with van der Waals surface area (Å²) in [7, 11) is 0. The zero-order chi connectivity index (χ0) is 15.6. The third-order valence-corrected chi connectivity index (χ3v) is 5.53. The molecule has 0 spiro atoms. The largest absolute Gasteiger partial charge is 0.424 e. The molecule has 1 aliphatic heterocycles.